The van der Waals surface area contributed by atoms with Crippen LogP contribution in [0.4, 0.5) is 0 Å². The first-order chi connectivity index (χ1) is 10.1. The van der Waals surface area contributed by atoms with E-state index in [9.17, 15) is 4.79 Å². The lowest BCUT2D eigenvalue weighted by Crippen LogP contribution is -2.37. The number of fused-ring (bicyclic) bond motifs is 1. The monoisotopic (exact) mass is 300 g/mol. The Labute approximate surface area is 134 Å². The van der Waals surface area contributed by atoms with Crippen molar-refractivity contribution in [1.29, 1.82) is 0 Å². The van der Waals surface area contributed by atoms with Gasteiger partial charge in [0.25, 0.3) is 0 Å². The van der Waals surface area contributed by atoms with E-state index >= 15 is 0 Å². The Balaban J connectivity index is 2.24. The summed E-state index contributed by atoms with van der Waals surface area (Å²) < 4.78 is 5.88. The number of hydrogen-bond donors (Lipinski definition) is 0. The largest absolute Gasteiger partial charge is 0.454 e. The number of allylic oxidation sites excluding steroid dienone is 1. The molecule has 0 aliphatic heterocycles. The molecule has 0 N–H and O–H groups in total. The maximum absolute atomic E-state index is 12.5. The highest BCUT2D eigenvalue weighted by atomic mass is 16.6. The minimum atomic E-state index is -0.621. The van der Waals surface area contributed by atoms with Gasteiger partial charge >= 0.3 is 5.97 Å². The van der Waals surface area contributed by atoms with Crippen LogP contribution in [0.3, 0.4) is 0 Å². The minimum absolute atomic E-state index is 0.138. The van der Waals surface area contributed by atoms with Gasteiger partial charge in [-0.3, -0.25) is 4.79 Å². The third-order valence-corrected chi connectivity index (χ3v) is 5.04. The molecule has 120 valence electrons. The molecule has 0 aromatic heterocycles. The minimum Gasteiger partial charge on any atom is -0.454 e. The lowest BCUT2D eigenvalue weighted by Gasteiger charge is -2.33. The Bertz CT molecular complexity index is 592. The Hall–Kier alpha value is -1.57. The van der Waals surface area contributed by atoms with E-state index in [4.69, 9.17) is 4.74 Å². The van der Waals surface area contributed by atoms with Gasteiger partial charge in [0.1, 0.15) is 5.60 Å². The van der Waals surface area contributed by atoms with Crippen molar-refractivity contribution in [3.63, 3.8) is 0 Å². The van der Waals surface area contributed by atoms with Crippen molar-refractivity contribution < 1.29 is 9.53 Å². The zero-order chi connectivity index (χ0) is 16.5. The highest BCUT2D eigenvalue weighted by molar-refractivity contribution is 5.76. The molecule has 0 amide bonds. The molecule has 1 aromatic rings. The molecule has 0 fully saturated rings. The van der Waals surface area contributed by atoms with E-state index in [1.54, 1.807) is 0 Å². The molecule has 0 atom stereocenters. The number of carbonyl (C=O) groups is 1. The summed E-state index contributed by atoms with van der Waals surface area (Å²) in [6.07, 6.45) is 6.56. The van der Waals surface area contributed by atoms with E-state index in [0.29, 0.717) is 0 Å². The van der Waals surface area contributed by atoms with Crippen LogP contribution in [0.1, 0.15) is 64.7 Å². The van der Waals surface area contributed by atoms with Crippen LogP contribution in [0.25, 0.3) is 6.08 Å². The van der Waals surface area contributed by atoms with Crippen LogP contribution in [0.2, 0.25) is 0 Å². The van der Waals surface area contributed by atoms with E-state index < -0.39 is 11.0 Å². The first kappa shape index (κ1) is 16.8. The molecule has 0 heterocycles. The fourth-order valence-corrected chi connectivity index (χ4v) is 2.46. The van der Waals surface area contributed by atoms with Crippen molar-refractivity contribution in [2.75, 3.05) is 0 Å². The van der Waals surface area contributed by atoms with Gasteiger partial charge < -0.3 is 4.74 Å². The standard InChI is InChI=1S/C20H28O2/c1-14(2)19(3,4)18(21)22-20(5,6)17-12-11-15-9-7-8-10-16(15)13-17/h8,10-14H,7,9H2,1-6H3. The summed E-state index contributed by atoms with van der Waals surface area (Å²) >= 11 is 0. The summed E-state index contributed by atoms with van der Waals surface area (Å²) in [5, 5.41) is 0. The molecule has 2 rings (SSSR count). The van der Waals surface area contributed by atoms with Crippen molar-refractivity contribution in [2.45, 2.75) is 60.0 Å². The van der Waals surface area contributed by atoms with Gasteiger partial charge in [0.15, 0.2) is 0 Å². The third kappa shape index (κ3) is 3.26. The average Bonchev–Trinajstić information content (AvgIpc) is 2.46. The number of esters is 1. The van der Waals surface area contributed by atoms with E-state index in [-0.39, 0.29) is 11.9 Å². The van der Waals surface area contributed by atoms with Crippen LogP contribution in [-0.4, -0.2) is 5.97 Å². The Morgan fingerprint density at radius 2 is 1.86 bits per heavy atom. The first-order valence-electron chi connectivity index (χ1n) is 8.18. The van der Waals surface area contributed by atoms with Crippen LogP contribution in [0.5, 0.6) is 0 Å². The molecule has 0 saturated heterocycles. The maximum Gasteiger partial charge on any atom is 0.312 e. The van der Waals surface area contributed by atoms with Crippen LogP contribution in [-0.2, 0) is 21.6 Å². The molecule has 22 heavy (non-hydrogen) atoms. The number of benzene rings is 1. The van der Waals surface area contributed by atoms with Crippen molar-refractivity contribution in [1.82, 2.24) is 0 Å². The van der Waals surface area contributed by atoms with Crippen molar-refractivity contribution in [3.05, 3.63) is 41.0 Å². The van der Waals surface area contributed by atoms with Gasteiger partial charge in [0.2, 0.25) is 0 Å². The molecule has 1 aliphatic carbocycles. The fourth-order valence-electron chi connectivity index (χ4n) is 2.46. The van der Waals surface area contributed by atoms with E-state index in [1.807, 2.05) is 27.7 Å². The van der Waals surface area contributed by atoms with Crippen LogP contribution in [0.15, 0.2) is 24.3 Å². The number of carbonyl (C=O) groups excluding carboxylic acids is 1. The van der Waals surface area contributed by atoms with Crippen molar-refractivity contribution >= 4 is 12.0 Å². The molecule has 2 nitrogen and oxygen atoms in total. The summed E-state index contributed by atoms with van der Waals surface area (Å²) in [6.45, 7) is 11.9. The Morgan fingerprint density at radius 3 is 2.50 bits per heavy atom. The lowest BCUT2D eigenvalue weighted by molar-refractivity contribution is -0.171. The number of aryl methyl sites for hydroxylation is 1. The van der Waals surface area contributed by atoms with Gasteiger partial charge in [0.05, 0.1) is 5.41 Å². The average molecular weight is 300 g/mol. The number of hydrogen-bond acceptors (Lipinski definition) is 2. The van der Waals surface area contributed by atoms with Crippen LogP contribution < -0.4 is 0 Å². The smallest absolute Gasteiger partial charge is 0.312 e. The molecule has 0 unspecified atom stereocenters. The quantitative estimate of drug-likeness (QED) is 0.723. The predicted molar refractivity (Wildman–Crippen MR) is 91.5 cm³/mol. The predicted octanol–water partition coefficient (Wildman–Crippen LogP) is 5.11. The second kappa shape index (κ2) is 5.91. The van der Waals surface area contributed by atoms with Crippen molar-refractivity contribution in [3.8, 4) is 0 Å². The molecule has 0 saturated carbocycles. The zero-order valence-corrected chi connectivity index (χ0v) is 14.7. The Kier molecular flexibility index (Phi) is 4.51. The summed E-state index contributed by atoms with van der Waals surface area (Å²) in [5.74, 6) is 0.100. The molecular formula is C20H28O2. The van der Waals surface area contributed by atoms with Gasteiger partial charge in [-0.15, -0.1) is 0 Å². The normalized spacial score (nSPS) is 14.9. The highest BCUT2D eigenvalue weighted by Crippen LogP contribution is 2.34. The molecular weight excluding hydrogens is 272 g/mol. The van der Waals surface area contributed by atoms with Gasteiger partial charge in [-0.2, -0.15) is 0 Å². The van der Waals surface area contributed by atoms with Gasteiger partial charge in [-0.05, 0) is 69.2 Å². The molecule has 0 spiro atoms. The molecule has 1 aromatic carbocycles. The Morgan fingerprint density at radius 1 is 1.18 bits per heavy atom. The van der Waals surface area contributed by atoms with E-state index in [1.165, 1.54) is 11.1 Å². The van der Waals surface area contributed by atoms with Gasteiger partial charge in [0, 0.05) is 0 Å². The molecule has 0 bridgehead atoms. The summed E-state index contributed by atoms with van der Waals surface area (Å²) in [6, 6.07) is 6.41. The number of ether oxygens (including phenoxy) is 1. The molecule has 1 aliphatic rings. The van der Waals surface area contributed by atoms with Gasteiger partial charge in [-0.1, -0.05) is 38.1 Å². The summed E-state index contributed by atoms with van der Waals surface area (Å²) in [5.41, 5.74) is 2.56. The second-order valence-corrected chi connectivity index (χ2v) is 7.63. The molecule has 2 heteroatoms. The third-order valence-electron chi connectivity index (χ3n) is 5.04. The van der Waals surface area contributed by atoms with Gasteiger partial charge in [-0.25, -0.2) is 0 Å². The van der Waals surface area contributed by atoms with E-state index in [0.717, 1.165) is 18.4 Å². The zero-order valence-electron chi connectivity index (χ0n) is 14.7. The summed E-state index contributed by atoms with van der Waals surface area (Å²) in [7, 11) is 0. The van der Waals surface area contributed by atoms with Crippen molar-refractivity contribution in [2.24, 2.45) is 11.3 Å². The van der Waals surface area contributed by atoms with Crippen LogP contribution >= 0.6 is 0 Å². The fraction of sp³-hybridized carbons (Fsp3) is 0.550. The van der Waals surface area contributed by atoms with Crippen LogP contribution in [0, 0.1) is 11.3 Å². The molecule has 0 radical (unpaired) electrons. The highest BCUT2D eigenvalue weighted by Gasteiger charge is 2.37. The second-order valence-electron chi connectivity index (χ2n) is 7.63. The topological polar surface area (TPSA) is 26.3 Å². The SMILES string of the molecule is CC(C)C(C)(C)C(=O)OC(C)(C)c1ccc2c(c1)C=CCC2. The maximum atomic E-state index is 12.5. The van der Waals surface area contributed by atoms with E-state index in [2.05, 4.69) is 44.2 Å². The lowest BCUT2D eigenvalue weighted by atomic mass is 9.81. The summed E-state index contributed by atoms with van der Waals surface area (Å²) in [4.78, 5) is 12.5. The number of rotatable bonds is 4. The first-order valence-corrected chi connectivity index (χ1v) is 8.18.